The van der Waals surface area contributed by atoms with Crippen molar-refractivity contribution in [1.29, 1.82) is 0 Å². The maximum atomic E-state index is 10.7. The third-order valence-corrected chi connectivity index (χ3v) is 3.08. The maximum absolute atomic E-state index is 10.7. The molecule has 0 bridgehead atoms. The molecular weight excluding hydrogens is 198 g/mol. The molecule has 0 saturated carbocycles. The molecule has 0 atom stereocenters. The van der Waals surface area contributed by atoms with Crippen molar-refractivity contribution >= 4 is 27.5 Å². The minimum Gasteiger partial charge on any atom is -0.476 e. The minimum absolute atomic E-state index is 0.168. The summed E-state index contributed by atoms with van der Waals surface area (Å²) in [5, 5.41) is 8.96. The molecule has 0 unspecified atom stereocenters. The second kappa shape index (κ2) is 3.38. The van der Waals surface area contributed by atoms with Crippen LogP contribution in [0.1, 0.15) is 22.3 Å². The van der Waals surface area contributed by atoms with Crippen LogP contribution in [0.2, 0.25) is 0 Å². The van der Waals surface area contributed by atoms with E-state index in [2.05, 4.69) is 4.98 Å². The monoisotopic (exact) mass is 207 g/mol. The third-order valence-electron chi connectivity index (χ3n) is 2.07. The molecule has 72 valence electrons. The van der Waals surface area contributed by atoms with Crippen molar-refractivity contribution in [3.63, 3.8) is 0 Å². The number of thiazole rings is 1. The lowest BCUT2D eigenvalue weighted by Crippen LogP contribution is -1.93. The van der Waals surface area contributed by atoms with Gasteiger partial charge in [-0.05, 0) is 18.1 Å². The Morgan fingerprint density at radius 3 is 3.00 bits per heavy atom. The number of benzene rings is 1. The maximum Gasteiger partial charge on any atom is 0.365 e. The Morgan fingerprint density at radius 2 is 2.36 bits per heavy atom. The van der Waals surface area contributed by atoms with E-state index in [1.54, 1.807) is 0 Å². The number of aromatic carboxylic acids is 1. The lowest BCUT2D eigenvalue weighted by Gasteiger charge is -1.95. The summed E-state index contributed by atoms with van der Waals surface area (Å²) in [6.45, 7) is 2.04. The van der Waals surface area contributed by atoms with E-state index in [4.69, 9.17) is 5.11 Å². The highest BCUT2D eigenvalue weighted by Gasteiger charge is 2.11. The van der Waals surface area contributed by atoms with Gasteiger partial charge in [0, 0.05) is 0 Å². The second-order valence-electron chi connectivity index (χ2n) is 2.94. The number of fused-ring (bicyclic) bond motifs is 1. The highest BCUT2D eigenvalue weighted by molar-refractivity contribution is 7.20. The highest BCUT2D eigenvalue weighted by Crippen LogP contribution is 2.25. The van der Waals surface area contributed by atoms with Gasteiger partial charge in [-0.2, -0.15) is 0 Å². The normalized spacial score (nSPS) is 10.6. The van der Waals surface area contributed by atoms with Crippen LogP contribution in [0, 0.1) is 0 Å². The Morgan fingerprint density at radius 1 is 1.57 bits per heavy atom. The van der Waals surface area contributed by atoms with Gasteiger partial charge in [0.1, 0.15) is 0 Å². The Bertz CT molecular complexity index is 490. The van der Waals surface area contributed by atoms with Gasteiger partial charge >= 0.3 is 5.97 Å². The van der Waals surface area contributed by atoms with Crippen LogP contribution in [-0.4, -0.2) is 16.1 Å². The fourth-order valence-corrected chi connectivity index (χ4v) is 2.23. The van der Waals surface area contributed by atoms with E-state index in [-0.39, 0.29) is 5.01 Å². The predicted molar refractivity (Wildman–Crippen MR) is 56.0 cm³/mol. The molecule has 1 heterocycles. The molecule has 0 fully saturated rings. The van der Waals surface area contributed by atoms with Crippen LogP contribution < -0.4 is 0 Å². The van der Waals surface area contributed by atoms with Gasteiger partial charge < -0.3 is 5.11 Å². The zero-order chi connectivity index (χ0) is 10.1. The number of hydrogen-bond donors (Lipinski definition) is 1. The Balaban J connectivity index is 2.70. The van der Waals surface area contributed by atoms with Crippen molar-refractivity contribution < 1.29 is 9.90 Å². The molecule has 2 aromatic rings. The first-order valence-corrected chi connectivity index (χ1v) is 5.15. The van der Waals surface area contributed by atoms with E-state index in [1.807, 2.05) is 25.1 Å². The molecule has 0 spiro atoms. The summed E-state index contributed by atoms with van der Waals surface area (Å²) < 4.78 is 0.946. The Hall–Kier alpha value is -1.42. The molecule has 2 rings (SSSR count). The van der Waals surface area contributed by atoms with Gasteiger partial charge in [0.2, 0.25) is 5.01 Å². The topological polar surface area (TPSA) is 50.2 Å². The first kappa shape index (κ1) is 9.15. The fraction of sp³-hybridized carbons (Fsp3) is 0.200. The quantitative estimate of drug-likeness (QED) is 0.823. The number of aromatic nitrogens is 1. The number of carbonyl (C=O) groups is 1. The smallest absolute Gasteiger partial charge is 0.365 e. The van der Waals surface area contributed by atoms with E-state index in [1.165, 1.54) is 11.3 Å². The third kappa shape index (κ3) is 1.37. The average molecular weight is 207 g/mol. The molecule has 0 aliphatic heterocycles. The summed E-state index contributed by atoms with van der Waals surface area (Å²) in [7, 11) is 0. The van der Waals surface area contributed by atoms with Crippen molar-refractivity contribution in [2.75, 3.05) is 0 Å². The molecule has 0 amide bonds. The van der Waals surface area contributed by atoms with Crippen molar-refractivity contribution in [2.24, 2.45) is 0 Å². The van der Waals surface area contributed by atoms with Crippen LogP contribution in [0.15, 0.2) is 18.2 Å². The van der Waals surface area contributed by atoms with E-state index < -0.39 is 5.97 Å². The Labute approximate surface area is 85.0 Å². The standard InChI is InChI=1S/C10H9NO2S/c1-2-6-4-3-5-7-8(6)11-9(14-7)10(12)13/h3-5H,2H2,1H3,(H,12,13). The number of carboxylic acid groups (broad SMARTS) is 1. The lowest BCUT2D eigenvalue weighted by atomic mass is 10.1. The zero-order valence-corrected chi connectivity index (χ0v) is 8.47. The molecule has 0 aliphatic carbocycles. The van der Waals surface area contributed by atoms with E-state index in [9.17, 15) is 4.79 Å². The Kier molecular flexibility index (Phi) is 2.21. The average Bonchev–Trinajstić information content (AvgIpc) is 2.60. The number of nitrogens with zero attached hydrogens (tertiary/aromatic N) is 1. The number of aryl methyl sites for hydroxylation is 1. The van der Waals surface area contributed by atoms with E-state index in [0.29, 0.717) is 0 Å². The van der Waals surface area contributed by atoms with Crippen molar-refractivity contribution in [3.8, 4) is 0 Å². The number of rotatable bonds is 2. The molecule has 1 aromatic carbocycles. The van der Waals surface area contributed by atoms with Crippen LogP contribution in [-0.2, 0) is 6.42 Å². The summed E-state index contributed by atoms with van der Waals surface area (Å²) in [6, 6.07) is 5.82. The first-order chi connectivity index (χ1) is 6.72. The van der Waals surface area contributed by atoms with Crippen LogP contribution in [0.5, 0.6) is 0 Å². The molecule has 14 heavy (non-hydrogen) atoms. The predicted octanol–water partition coefficient (Wildman–Crippen LogP) is 2.56. The van der Waals surface area contributed by atoms with E-state index >= 15 is 0 Å². The summed E-state index contributed by atoms with van der Waals surface area (Å²) in [6.07, 6.45) is 0.875. The second-order valence-corrected chi connectivity index (χ2v) is 3.97. The summed E-state index contributed by atoms with van der Waals surface area (Å²) in [4.78, 5) is 14.8. The van der Waals surface area contributed by atoms with Crippen LogP contribution in [0.4, 0.5) is 0 Å². The van der Waals surface area contributed by atoms with Gasteiger partial charge in [-0.1, -0.05) is 19.1 Å². The van der Waals surface area contributed by atoms with Gasteiger partial charge in [0.15, 0.2) is 0 Å². The van der Waals surface area contributed by atoms with Crippen molar-refractivity contribution in [3.05, 3.63) is 28.8 Å². The number of para-hydroxylation sites is 1. The molecule has 4 heteroatoms. The fourth-order valence-electron chi connectivity index (χ4n) is 1.38. The van der Waals surface area contributed by atoms with Gasteiger partial charge in [-0.25, -0.2) is 9.78 Å². The van der Waals surface area contributed by atoms with Gasteiger partial charge in [-0.15, -0.1) is 11.3 Å². The van der Waals surface area contributed by atoms with Gasteiger partial charge in [-0.3, -0.25) is 0 Å². The molecule has 1 N–H and O–H groups in total. The largest absolute Gasteiger partial charge is 0.476 e. The molecule has 1 aromatic heterocycles. The highest BCUT2D eigenvalue weighted by atomic mass is 32.1. The van der Waals surface area contributed by atoms with Crippen molar-refractivity contribution in [1.82, 2.24) is 4.98 Å². The van der Waals surface area contributed by atoms with E-state index in [0.717, 1.165) is 22.2 Å². The summed E-state index contributed by atoms with van der Waals surface area (Å²) in [5.41, 5.74) is 1.93. The summed E-state index contributed by atoms with van der Waals surface area (Å²) in [5.74, 6) is -0.951. The molecule has 3 nitrogen and oxygen atoms in total. The lowest BCUT2D eigenvalue weighted by molar-refractivity contribution is 0.0696. The van der Waals surface area contributed by atoms with Crippen LogP contribution >= 0.6 is 11.3 Å². The number of hydrogen-bond acceptors (Lipinski definition) is 3. The molecule has 0 radical (unpaired) electrons. The molecule has 0 saturated heterocycles. The zero-order valence-electron chi connectivity index (χ0n) is 7.65. The van der Waals surface area contributed by atoms with Gasteiger partial charge in [0.25, 0.3) is 0 Å². The van der Waals surface area contributed by atoms with Crippen molar-refractivity contribution in [2.45, 2.75) is 13.3 Å². The SMILES string of the molecule is CCc1cccc2sc(C(=O)O)nc12. The number of carboxylic acids is 1. The minimum atomic E-state index is -0.951. The van der Waals surface area contributed by atoms with Crippen LogP contribution in [0.25, 0.3) is 10.2 Å². The molecular formula is C10H9NO2S. The van der Waals surface area contributed by atoms with Crippen LogP contribution in [0.3, 0.4) is 0 Å². The van der Waals surface area contributed by atoms with Gasteiger partial charge in [0.05, 0.1) is 10.2 Å². The summed E-state index contributed by atoms with van der Waals surface area (Å²) >= 11 is 1.22. The molecule has 0 aliphatic rings. The first-order valence-electron chi connectivity index (χ1n) is 4.34.